The van der Waals surface area contributed by atoms with Gasteiger partial charge in [-0.15, -0.1) is 0 Å². The van der Waals surface area contributed by atoms with Crippen LogP contribution in [0.25, 0.3) is 11.5 Å². The molecule has 0 amide bonds. The molecule has 0 unspecified atom stereocenters. The van der Waals surface area contributed by atoms with Crippen LogP contribution in [-0.4, -0.2) is 13.4 Å². The van der Waals surface area contributed by atoms with Gasteiger partial charge in [0.25, 0.3) is 0 Å². The molecule has 0 aliphatic carbocycles. The number of hydrogen-bond donors (Lipinski definition) is 1. The minimum Gasteiger partial charge on any atom is -0.419 e. The number of nitrogens with zero attached hydrogens (tertiary/aromatic N) is 1. The van der Waals surface area contributed by atoms with Crippen LogP contribution in [0, 0.1) is 5.82 Å². The van der Waals surface area contributed by atoms with Crippen LogP contribution in [0.1, 0.15) is 5.56 Å². The number of benzene rings is 3. The van der Waals surface area contributed by atoms with Crippen molar-refractivity contribution in [2.24, 2.45) is 0 Å². The third-order valence-electron chi connectivity index (χ3n) is 4.43. The standard InChI is InChI=1S/C22H15Cl2FN2O3S/c23-16-5-1-14(2-6-16)13-26-21-22(31(28,29)19-11-9-18(25)10-12-19)27-20(30-21)15-3-7-17(24)8-4-15/h1-12,26H,13H2. The van der Waals surface area contributed by atoms with E-state index in [0.29, 0.717) is 15.6 Å². The molecule has 1 N–H and O–H groups in total. The summed E-state index contributed by atoms with van der Waals surface area (Å²) >= 11 is 11.8. The number of aromatic nitrogens is 1. The lowest BCUT2D eigenvalue weighted by Gasteiger charge is -2.06. The van der Waals surface area contributed by atoms with E-state index in [9.17, 15) is 12.8 Å². The van der Waals surface area contributed by atoms with Gasteiger partial charge in [-0.3, -0.25) is 0 Å². The molecule has 0 aliphatic rings. The Bertz CT molecular complexity index is 1300. The fraction of sp³-hybridized carbons (Fsp3) is 0.0455. The van der Waals surface area contributed by atoms with E-state index >= 15 is 0 Å². The Morgan fingerprint density at radius 1 is 0.871 bits per heavy atom. The molecular weight excluding hydrogens is 462 g/mol. The van der Waals surface area contributed by atoms with Gasteiger partial charge in [-0.1, -0.05) is 35.3 Å². The summed E-state index contributed by atoms with van der Waals surface area (Å²) in [6.45, 7) is 0.276. The van der Waals surface area contributed by atoms with E-state index in [1.165, 1.54) is 12.1 Å². The van der Waals surface area contributed by atoms with Gasteiger partial charge < -0.3 is 9.73 Å². The van der Waals surface area contributed by atoms with Crippen molar-refractivity contribution < 1.29 is 17.2 Å². The first-order valence-electron chi connectivity index (χ1n) is 9.09. The predicted molar refractivity (Wildman–Crippen MR) is 118 cm³/mol. The van der Waals surface area contributed by atoms with E-state index in [4.69, 9.17) is 27.6 Å². The number of sulfone groups is 1. The molecule has 1 heterocycles. The van der Waals surface area contributed by atoms with Crippen LogP contribution in [-0.2, 0) is 16.4 Å². The van der Waals surface area contributed by atoms with Crippen LogP contribution in [0.4, 0.5) is 10.3 Å². The highest BCUT2D eigenvalue weighted by molar-refractivity contribution is 7.91. The van der Waals surface area contributed by atoms with E-state index in [1.54, 1.807) is 48.5 Å². The monoisotopic (exact) mass is 476 g/mol. The van der Waals surface area contributed by atoms with E-state index in [1.807, 2.05) is 0 Å². The molecule has 158 valence electrons. The van der Waals surface area contributed by atoms with Crippen molar-refractivity contribution in [1.29, 1.82) is 0 Å². The van der Waals surface area contributed by atoms with Gasteiger partial charge in [-0.05, 0) is 66.2 Å². The Morgan fingerprint density at radius 2 is 1.45 bits per heavy atom. The number of hydrogen-bond acceptors (Lipinski definition) is 5. The highest BCUT2D eigenvalue weighted by Gasteiger charge is 2.28. The summed E-state index contributed by atoms with van der Waals surface area (Å²) in [5.74, 6) is -0.456. The second-order valence-electron chi connectivity index (χ2n) is 6.60. The van der Waals surface area contributed by atoms with E-state index in [0.717, 1.165) is 17.7 Å². The van der Waals surface area contributed by atoms with Crippen molar-refractivity contribution in [2.45, 2.75) is 16.5 Å². The van der Waals surface area contributed by atoms with Gasteiger partial charge in [-0.2, -0.15) is 4.98 Å². The van der Waals surface area contributed by atoms with Crippen molar-refractivity contribution in [3.63, 3.8) is 0 Å². The number of nitrogens with one attached hydrogen (secondary N) is 1. The van der Waals surface area contributed by atoms with Gasteiger partial charge >= 0.3 is 0 Å². The summed E-state index contributed by atoms with van der Waals surface area (Å²) in [5.41, 5.74) is 1.42. The smallest absolute Gasteiger partial charge is 0.234 e. The number of oxazole rings is 1. The van der Waals surface area contributed by atoms with Crippen LogP contribution >= 0.6 is 23.2 Å². The fourth-order valence-corrected chi connectivity index (χ4v) is 4.36. The molecule has 9 heteroatoms. The Kier molecular flexibility index (Phi) is 6.00. The molecule has 0 bridgehead atoms. The number of anilines is 1. The SMILES string of the molecule is O=S(=O)(c1ccc(F)cc1)c1nc(-c2ccc(Cl)cc2)oc1NCc1ccc(Cl)cc1. The van der Waals surface area contributed by atoms with Gasteiger partial charge in [0.2, 0.25) is 26.6 Å². The Labute approximate surface area is 188 Å². The zero-order valence-electron chi connectivity index (χ0n) is 15.8. The molecule has 4 rings (SSSR count). The van der Waals surface area contributed by atoms with Gasteiger partial charge in [0.1, 0.15) is 5.82 Å². The lowest BCUT2D eigenvalue weighted by Crippen LogP contribution is -2.07. The van der Waals surface area contributed by atoms with Crippen molar-refractivity contribution in [2.75, 3.05) is 5.32 Å². The lowest BCUT2D eigenvalue weighted by atomic mass is 10.2. The Hall–Kier alpha value is -2.87. The molecule has 31 heavy (non-hydrogen) atoms. The van der Waals surface area contributed by atoms with Crippen LogP contribution in [0.2, 0.25) is 10.0 Å². The first-order chi connectivity index (χ1) is 14.8. The highest BCUT2D eigenvalue weighted by Crippen LogP contribution is 2.33. The Balaban J connectivity index is 1.74. The second kappa shape index (κ2) is 8.70. The summed E-state index contributed by atoms with van der Waals surface area (Å²) in [5, 5.41) is 3.81. The first kappa shape index (κ1) is 21.4. The van der Waals surface area contributed by atoms with Crippen molar-refractivity contribution in [1.82, 2.24) is 4.98 Å². The van der Waals surface area contributed by atoms with Gasteiger partial charge in [-0.25, -0.2) is 12.8 Å². The first-order valence-corrected chi connectivity index (χ1v) is 11.3. The molecule has 0 saturated carbocycles. The largest absolute Gasteiger partial charge is 0.419 e. The summed E-state index contributed by atoms with van der Waals surface area (Å²) < 4.78 is 45.5. The van der Waals surface area contributed by atoms with Crippen molar-refractivity contribution in [3.8, 4) is 11.5 Å². The molecule has 3 aromatic carbocycles. The summed E-state index contributed by atoms with van der Waals surface area (Å²) in [6, 6.07) is 18.2. The minimum atomic E-state index is -4.07. The molecule has 5 nitrogen and oxygen atoms in total. The van der Waals surface area contributed by atoms with E-state index < -0.39 is 15.7 Å². The van der Waals surface area contributed by atoms with Gasteiger partial charge in [0, 0.05) is 22.2 Å². The zero-order valence-corrected chi connectivity index (χ0v) is 18.2. The molecule has 0 atom stereocenters. The minimum absolute atomic E-state index is 0.0239. The number of halogens is 3. The third kappa shape index (κ3) is 4.74. The molecular formula is C22H15Cl2FN2O3S. The van der Waals surface area contributed by atoms with Gasteiger partial charge in [0.15, 0.2) is 0 Å². The van der Waals surface area contributed by atoms with Gasteiger partial charge in [0.05, 0.1) is 4.90 Å². The molecule has 4 aromatic rings. The van der Waals surface area contributed by atoms with Crippen LogP contribution < -0.4 is 5.32 Å². The molecule has 1 aromatic heterocycles. The van der Waals surface area contributed by atoms with Crippen LogP contribution in [0.3, 0.4) is 0 Å². The normalized spacial score (nSPS) is 11.5. The topological polar surface area (TPSA) is 72.2 Å². The maximum absolute atomic E-state index is 13.3. The summed E-state index contributed by atoms with van der Waals surface area (Å²) in [6.07, 6.45) is 0. The average Bonchev–Trinajstić information content (AvgIpc) is 3.19. The average molecular weight is 477 g/mol. The zero-order chi connectivity index (χ0) is 22.0. The fourth-order valence-electron chi connectivity index (χ4n) is 2.83. The Morgan fingerprint density at radius 3 is 2.06 bits per heavy atom. The predicted octanol–water partition coefficient (Wildman–Crippen LogP) is 6.23. The molecule has 0 aliphatic heterocycles. The third-order valence-corrected chi connectivity index (χ3v) is 6.61. The van der Waals surface area contributed by atoms with Crippen LogP contribution in [0.5, 0.6) is 0 Å². The maximum Gasteiger partial charge on any atom is 0.234 e. The molecule has 0 radical (unpaired) electrons. The highest BCUT2D eigenvalue weighted by atomic mass is 35.5. The van der Waals surface area contributed by atoms with Crippen molar-refractivity contribution >= 4 is 38.9 Å². The molecule has 0 fully saturated rings. The lowest BCUT2D eigenvalue weighted by molar-refractivity contribution is 0.576. The molecule has 0 saturated heterocycles. The van der Waals surface area contributed by atoms with E-state index in [2.05, 4.69) is 10.3 Å². The summed E-state index contributed by atoms with van der Waals surface area (Å²) in [7, 11) is -4.07. The number of rotatable bonds is 6. The second-order valence-corrected chi connectivity index (χ2v) is 9.34. The quantitative estimate of drug-likeness (QED) is 0.333. The summed E-state index contributed by atoms with van der Waals surface area (Å²) in [4.78, 5) is 4.13. The maximum atomic E-state index is 13.3. The van der Waals surface area contributed by atoms with Crippen LogP contribution in [0.15, 0.2) is 87.1 Å². The van der Waals surface area contributed by atoms with Crippen molar-refractivity contribution in [3.05, 3.63) is 94.2 Å². The van der Waals surface area contributed by atoms with E-state index in [-0.39, 0.29) is 28.2 Å². The molecule has 0 spiro atoms.